The van der Waals surface area contributed by atoms with Gasteiger partial charge in [0, 0.05) is 36.8 Å². The van der Waals surface area contributed by atoms with Crippen molar-refractivity contribution in [3.05, 3.63) is 52.6 Å². The Balaban J connectivity index is 1.46. The van der Waals surface area contributed by atoms with Gasteiger partial charge in [0.2, 0.25) is 11.8 Å². The minimum atomic E-state index is 0.152. The Morgan fingerprint density at radius 3 is 2.67 bits per heavy atom. The number of hydrogen-bond donors (Lipinski definition) is 0. The molecule has 0 saturated heterocycles. The molecule has 33 heavy (non-hydrogen) atoms. The molecule has 1 aliphatic rings. The summed E-state index contributed by atoms with van der Waals surface area (Å²) < 4.78 is 5.29. The Bertz CT molecular complexity index is 1060. The van der Waals surface area contributed by atoms with Crippen molar-refractivity contribution in [1.29, 1.82) is 0 Å². The first-order valence-electron chi connectivity index (χ1n) is 11.8. The number of amides is 1. The van der Waals surface area contributed by atoms with Crippen LogP contribution in [0, 0.1) is 12.8 Å². The van der Waals surface area contributed by atoms with E-state index in [-0.39, 0.29) is 11.8 Å². The fourth-order valence-electron chi connectivity index (χ4n) is 4.48. The summed E-state index contributed by atoms with van der Waals surface area (Å²) in [5.41, 5.74) is 3.06. The molecular weight excluding hydrogens is 432 g/mol. The van der Waals surface area contributed by atoms with Gasteiger partial charge in [0.05, 0.1) is 7.11 Å². The first-order valence-corrected chi connectivity index (χ1v) is 12.7. The van der Waals surface area contributed by atoms with Crippen LogP contribution >= 0.6 is 11.3 Å². The Hall–Kier alpha value is -2.80. The van der Waals surface area contributed by atoms with Crippen molar-refractivity contribution < 1.29 is 9.53 Å². The smallest absolute Gasteiger partial charge is 0.230 e. The zero-order valence-corrected chi connectivity index (χ0v) is 20.3. The Morgan fingerprint density at radius 2 is 1.91 bits per heavy atom. The zero-order valence-electron chi connectivity index (χ0n) is 19.5. The predicted octanol–water partition coefficient (Wildman–Crippen LogP) is 5.85. The fraction of sp³-hybridized carbons (Fsp3) is 0.462. The van der Waals surface area contributed by atoms with Gasteiger partial charge in [0.15, 0.2) is 0 Å². The van der Waals surface area contributed by atoms with E-state index in [1.54, 1.807) is 24.6 Å². The van der Waals surface area contributed by atoms with Crippen molar-refractivity contribution in [1.82, 2.24) is 15.2 Å². The first-order chi connectivity index (χ1) is 16.1. The summed E-state index contributed by atoms with van der Waals surface area (Å²) in [6, 6.07) is 12.2. The van der Waals surface area contributed by atoms with Gasteiger partial charge in [-0.3, -0.25) is 4.79 Å². The van der Waals surface area contributed by atoms with Crippen molar-refractivity contribution in [2.45, 2.75) is 58.3 Å². The van der Waals surface area contributed by atoms with Crippen LogP contribution in [0.5, 0.6) is 5.88 Å². The van der Waals surface area contributed by atoms with Crippen molar-refractivity contribution >= 4 is 22.9 Å². The van der Waals surface area contributed by atoms with E-state index in [4.69, 9.17) is 4.74 Å². The molecule has 1 fully saturated rings. The predicted molar refractivity (Wildman–Crippen MR) is 133 cm³/mol. The minimum Gasteiger partial charge on any atom is -0.481 e. The highest BCUT2D eigenvalue weighted by Gasteiger charge is 2.28. The van der Waals surface area contributed by atoms with Crippen molar-refractivity contribution in [2.75, 3.05) is 18.6 Å². The van der Waals surface area contributed by atoms with Crippen molar-refractivity contribution in [3.63, 3.8) is 0 Å². The Labute approximate surface area is 200 Å². The van der Waals surface area contributed by atoms with E-state index in [1.165, 1.54) is 0 Å². The molecule has 0 bridgehead atoms. The normalized spacial score (nSPS) is 13.9. The molecule has 2 heterocycles. The quantitative estimate of drug-likeness (QED) is 0.352. The van der Waals surface area contributed by atoms with Gasteiger partial charge in [-0.1, -0.05) is 31.4 Å². The topological polar surface area (TPSA) is 68.2 Å². The van der Waals surface area contributed by atoms with Gasteiger partial charge in [-0.2, -0.15) is 0 Å². The summed E-state index contributed by atoms with van der Waals surface area (Å²) >= 11 is 1.67. The summed E-state index contributed by atoms with van der Waals surface area (Å²) in [6.45, 7) is 2.73. The van der Waals surface area contributed by atoms with Gasteiger partial charge < -0.3 is 9.64 Å². The van der Waals surface area contributed by atoms with Gasteiger partial charge in [-0.05, 0) is 61.9 Å². The molecule has 2 aromatic heterocycles. The molecule has 0 aliphatic heterocycles. The summed E-state index contributed by atoms with van der Waals surface area (Å²) in [6.07, 6.45) is 10.1. The molecule has 7 heteroatoms. The molecule has 6 nitrogen and oxygen atoms in total. The molecule has 1 aromatic carbocycles. The molecule has 174 valence electrons. The summed E-state index contributed by atoms with van der Waals surface area (Å²) in [5, 5.41) is 10.4. The van der Waals surface area contributed by atoms with Gasteiger partial charge in [0.1, 0.15) is 10.0 Å². The molecule has 0 spiro atoms. The number of unbranched alkanes of at least 4 members (excludes halogenated alkanes) is 2. The molecule has 4 rings (SSSR count). The van der Waals surface area contributed by atoms with Gasteiger partial charge >= 0.3 is 0 Å². The second kappa shape index (κ2) is 11.4. The number of benzene rings is 1. The number of aryl methyl sites for hydroxylation is 2. The fourth-order valence-corrected chi connectivity index (χ4v) is 5.23. The second-order valence-corrected chi connectivity index (χ2v) is 9.90. The van der Waals surface area contributed by atoms with Crippen molar-refractivity contribution in [3.8, 4) is 17.0 Å². The van der Waals surface area contributed by atoms with E-state index in [0.717, 1.165) is 84.7 Å². The standard InChI is InChI=1S/C26H32N4O2S/c1-19-28-29-25(33-19)13-4-3-7-16-30(26(31)20-9-5-6-10-20)23-12-8-11-21(17-23)22-14-15-27-24(18-22)32-2/h8,11-12,14-15,17-18,20H,3-7,9-10,13,16H2,1-2H3. The average Bonchev–Trinajstić information content (AvgIpc) is 3.53. The van der Waals surface area contributed by atoms with Crippen LogP contribution in [0.2, 0.25) is 0 Å². The first kappa shape index (κ1) is 23.4. The van der Waals surface area contributed by atoms with Crippen LogP contribution in [0.25, 0.3) is 11.1 Å². The third-order valence-electron chi connectivity index (χ3n) is 6.25. The van der Waals surface area contributed by atoms with E-state index in [1.807, 2.05) is 30.0 Å². The number of aromatic nitrogens is 3. The molecule has 0 atom stereocenters. The van der Waals surface area contributed by atoms with Crippen LogP contribution in [0.4, 0.5) is 5.69 Å². The highest BCUT2D eigenvalue weighted by molar-refractivity contribution is 7.11. The molecule has 1 aliphatic carbocycles. The maximum absolute atomic E-state index is 13.5. The number of rotatable bonds is 10. The van der Waals surface area contributed by atoms with Crippen LogP contribution in [0.15, 0.2) is 42.6 Å². The maximum atomic E-state index is 13.5. The van der Waals surface area contributed by atoms with Crippen LogP contribution < -0.4 is 9.64 Å². The van der Waals surface area contributed by atoms with Crippen LogP contribution in [0.3, 0.4) is 0 Å². The zero-order chi connectivity index (χ0) is 23.0. The average molecular weight is 465 g/mol. The van der Waals surface area contributed by atoms with E-state index >= 15 is 0 Å². The highest BCUT2D eigenvalue weighted by atomic mass is 32.1. The number of pyridine rings is 1. The molecule has 0 N–H and O–H groups in total. The third-order valence-corrected chi connectivity index (χ3v) is 7.14. The maximum Gasteiger partial charge on any atom is 0.230 e. The lowest BCUT2D eigenvalue weighted by Crippen LogP contribution is -2.36. The van der Waals surface area contributed by atoms with E-state index in [0.29, 0.717) is 5.88 Å². The molecule has 0 radical (unpaired) electrons. The Kier molecular flexibility index (Phi) is 8.05. The summed E-state index contributed by atoms with van der Waals surface area (Å²) in [7, 11) is 1.62. The number of hydrogen-bond acceptors (Lipinski definition) is 6. The Morgan fingerprint density at radius 1 is 1.09 bits per heavy atom. The number of ether oxygens (including phenoxy) is 1. The highest BCUT2D eigenvalue weighted by Crippen LogP contribution is 2.31. The second-order valence-electron chi connectivity index (χ2n) is 8.63. The lowest BCUT2D eigenvalue weighted by molar-refractivity contribution is -0.122. The van der Waals surface area contributed by atoms with E-state index < -0.39 is 0 Å². The largest absolute Gasteiger partial charge is 0.481 e. The van der Waals surface area contributed by atoms with E-state index in [9.17, 15) is 4.79 Å². The molecule has 1 amide bonds. The molecule has 0 unspecified atom stereocenters. The number of anilines is 1. The number of methoxy groups -OCH3 is 1. The lowest BCUT2D eigenvalue weighted by atomic mass is 10.0. The molecule has 1 saturated carbocycles. The molecular formula is C26H32N4O2S. The van der Waals surface area contributed by atoms with Gasteiger partial charge in [0.25, 0.3) is 0 Å². The summed E-state index contributed by atoms with van der Waals surface area (Å²) in [4.78, 5) is 19.7. The third kappa shape index (κ3) is 6.16. The van der Waals surface area contributed by atoms with Crippen LogP contribution in [-0.2, 0) is 11.2 Å². The number of carbonyl (C=O) groups excluding carboxylic acids is 1. The lowest BCUT2D eigenvalue weighted by Gasteiger charge is -2.26. The van der Waals surface area contributed by atoms with Crippen molar-refractivity contribution in [2.24, 2.45) is 5.92 Å². The monoisotopic (exact) mass is 464 g/mol. The number of nitrogens with zero attached hydrogens (tertiary/aromatic N) is 4. The van der Waals surface area contributed by atoms with Gasteiger partial charge in [-0.15, -0.1) is 21.5 Å². The van der Waals surface area contributed by atoms with Gasteiger partial charge in [-0.25, -0.2) is 4.98 Å². The minimum absolute atomic E-state index is 0.152. The molecule has 3 aromatic rings. The van der Waals surface area contributed by atoms with E-state index in [2.05, 4.69) is 33.4 Å². The van der Waals surface area contributed by atoms with Crippen LogP contribution in [0.1, 0.15) is 55.0 Å². The number of carbonyl (C=O) groups is 1. The van der Waals surface area contributed by atoms with Crippen LogP contribution in [-0.4, -0.2) is 34.7 Å². The summed E-state index contributed by atoms with van der Waals surface area (Å²) in [5.74, 6) is 1.01. The SMILES string of the molecule is COc1cc(-c2cccc(N(CCCCCc3nnc(C)s3)C(=O)C3CCCC3)c2)ccn1.